The predicted molar refractivity (Wildman–Crippen MR) is 79.2 cm³/mol. The van der Waals surface area contributed by atoms with Gasteiger partial charge in [0.15, 0.2) is 0 Å². The number of hydrogen-bond donors (Lipinski definition) is 1. The summed E-state index contributed by atoms with van der Waals surface area (Å²) in [5, 5.41) is 3.67. The van der Waals surface area contributed by atoms with E-state index in [0.29, 0.717) is 12.1 Å². The van der Waals surface area contributed by atoms with Crippen molar-refractivity contribution in [1.82, 2.24) is 5.32 Å². The lowest BCUT2D eigenvalue weighted by atomic mass is 10.0. The van der Waals surface area contributed by atoms with Gasteiger partial charge in [0.25, 0.3) is 0 Å². The van der Waals surface area contributed by atoms with Crippen molar-refractivity contribution in [3.8, 4) is 0 Å². The molecule has 1 aromatic carbocycles. The van der Waals surface area contributed by atoms with Gasteiger partial charge >= 0.3 is 0 Å². The number of allylic oxidation sites excluding steroid dienone is 1. The van der Waals surface area contributed by atoms with Gasteiger partial charge in [0.05, 0.1) is 0 Å². The van der Waals surface area contributed by atoms with E-state index in [-0.39, 0.29) is 0 Å². The van der Waals surface area contributed by atoms with Gasteiger partial charge in [0.2, 0.25) is 0 Å². The van der Waals surface area contributed by atoms with E-state index < -0.39 is 0 Å². The number of hydrogen-bond acceptors (Lipinski definition) is 1. The molecule has 1 nitrogen and oxygen atoms in total. The van der Waals surface area contributed by atoms with Crippen LogP contribution in [0.1, 0.15) is 44.7 Å². The molecule has 0 fully saturated rings. The average molecular weight is 296 g/mol. The quantitative estimate of drug-likeness (QED) is 0.710. The summed E-state index contributed by atoms with van der Waals surface area (Å²) < 4.78 is 1.14. The summed E-state index contributed by atoms with van der Waals surface area (Å²) in [4.78, 5) is 0. The van der Waals surface area contributed by atoms with E-state index in [4.69, 9.17) is 0 Å². The molecule has 0 aliphatic rings. The zero-order valence-corrected chi connectivity index (χ0v) is 12.3. The zero-order valence-electron chi connectivity index (χ0n) is 10.7. The van der Waals surface area contributed by atoms with Crippen LogP contribution in [0.25, 0.3) is 0 Å². The van der Waals surface area contributed by atoms with Gasteiger partial charge in [-0.2, -0.15) is 0 Å². The number of halogens is 1. The Bertz CT molecular complexity index is 331. The summed E-state index contributed by atoms with van der Waals surface area (Å²) in [6.45, 7) is 8.23. The van der Waals surface area contributed by atoms with Gasteiger partial charge in [0, 0.05) is 16.6 Å². The van der Waals surface area contributed by atoms with Gasteiger partial charge < -0.3 is 5.32 Å². The van der Waals surface area contributed by atoms with Crippen LogP contribution in [-0.4, -0.2) is 6.04 Å². The molecule has 0 aliphatic carbocycles. The van der Waals surface area contributed by atoms with Crippen molar-refractivity contribution in [2.75, 3.05) is 0 Å². The van der Waals surface area contributed by atoms with E-state index in [1.807, 2.05) is 6.08 Å². The highest BCUT2D eigenvalue weighted by Crippen LogP contribution is 2.20. The van der Waals surface area contributed by atoms with E-state index in [2.05, 4.69) is 65.9 Å². The van der Waals surface area contributed by atoms with Crippen molar-refractivity contribution in [3.05, 3.63) is 47.0 Å². The van der Waals surface area contributed by atoms with Gasteiger partial charge in [0.1, 0.15) is 0 Å². The molecule has 17 heavy (non-hydrogen) atoms. The Morgan fingerprint density at radius 1 is 1.35 bits per heavy atom. The first-order valence-electron chi connectivity index (χ1n) is 6.29. The Morgan fingerprint density at radius 3 is 2.53 bits per heavy atom. The number of benzene rings is 1. The fraction of sp³-hybridized carbons (Fsp3) is 0.467. The smallest absolute Gasteiger partial charge is 0.0319 e. The van der Waals surface area contributed by atoms with Crippen LogP contribution in [-0.2, 0) is 0 Å². The molecule has 0 spiro atoms. The lowest BCUT2D eigenvalue weighted by Gasteiger charge is -2.22. The molecule has 0 saturated heterocycles. The molecule has 94 valence electrons. The first kappa shape index (κ1) is 14.5. The maximum absolute atomic E-state index is 3.77. The first-order valence-corrected chi connectivity index (χ1v) is 7.09. The fourth-order valence-corrected chi connectivity index (χ4v) is 2.20. The highest BCUT2D eigenvalue weighted by Gasteiger charge is 2.11. The molecular formula is C15H22BrN. The fourth-order valence-electron chi connectivity index (χ4n) is 1.94. The van der Waals surface area contributed by atoms with Crippen molar-refractivity contribution in [2.24, 2.45) is 0 Å². The van der Waals surface area contributed by atoms with E-state index in [9.17, 15) is 0 Å². The summed E-state index contributed by atoms with van der Waals surface area (Å²) in [6.07, 6.45) is 5.32. The molecule has 0 radical (unpaired) electrons. The third-order valence-electron chi connectivity index (χ3n) is 2.97. The highest BCUT2D eigenvalue weighted by molar-refractivity contribution is 9.10. The van der Waals surface area contributed by atoms with Crippen LogP contribution in [0.15, 0.2) is 41.4 Å². The summed E-state index contributed by atoms with van der Waals surface area (Å²) in [5.41, 5.74) is 1.36. The van der Waals surface area contributed by atoms with Crippen LogP contribution in [0, 0.1) is 0 Å². The lowest BCUT2D eigenvalue weighted by molar-refractivity contribution is 0.429. The van der Waals surface area contributed by atoms with Crippen LogP contribution in [0.2, 0.25) is 0 Å². The van der Waals surface area contributed by atoms with Crippen molar-refractivity contribution >= 4 is 15.9 Å². The second kappa shape index (κ2) is 7.67. The molecule has 1 aromatic rings. The molecule has 0 heterocycles. The minimum absolute atomic E-state index is 0.447. The molecule has 0 amide bonds. The molecule has 0 aliphatic heterocycles. The van der Waals surface area contributed by atoms with Crippen LogP contribution >= 0.6 is 15.9 Å². The molecular weight excluding hydrogens is 274 g/mol. The Hall–Kier alpha value is -0.600. The Kier molecular flexibility index (Phi) is 6.53. The van der Waals surface area contributed by atoms with Crippen molar-refractivity contribution in [2.45, 2.75) is 45.2 Å². The van der Waals surface area contributed by atoms with E-state index in [1.54, 1.807) is 0 Å². The Morgan fingerprint density at radius 2 is 2.00 bits per heavy atom. The molecule has 0 aromatic heterocycles. The molecule has 0 bridgehead atoms. The van der Waals surface area contributed by atoms with Crippen LogP contribution < -0.4 is 5.32 Å². The van der Waals surface area contributed by atoms with E-state index >= 15 is 0 Å². The molecule has 2 heteroatoms. The summed E-state index contributed by atoms with van der Waals surface area (Å²) >= 11 is 3.47. The van der Waals surface area contributed by atoms with Gasteiger partial charge in [-0.15, -0.1) is 6.58 Å². The molecule has 2 atom stereocenters. The number of nitrogens with one attached hydrogen (secondary N) is 1. The topological polar surface area (TPSA) is 12.0 Å². The first-order chi connectivity index (χ1) is 8.17. The van der Waals surface area contributed by atoms with Gasteiger partial charge in [-0.3, -0.25) is 0 Å². The molecule has 0 saturated carbocycles. The average Bonchev–Trinajstić information content (AvgIpc) is 2.34. The van der Waals surface area contributed by atoms with Gasteiger partial charge in [-0.1, -0.05) is 41.1 Å². The van der Waals surface area contributed by atoms with Crippen molar-refractivity contribution in [3.63, 3.8) is 0 Å². The second-order valence-corrected chi connectivity index (χ2v) is 5.36. The van der Waals surface area contributed by atoms with E-state index in [1.165, 1.54) is 5.56 Å². The number of rotatable bonds is 7. The van der Waals surface area contributed by atoms with Crippen LogP contribution in [0.5, 0.6) is 0 Å². The van der Waals surface area contributed by atoms with E-state index in [0.717, 1.165) is 23.7 Å². The normalized spacial score (nSPS) is 14.3. The maximum atomic E-state index is 3.77. The minimum atomic E-state index is 0.447. The lowest BCUT2D eigenvalue weighted by Crippen LogP contribution is -2.30. The standard InChI is InChI=1S/C15H22BrN/c1-4-6-7-12(3)17-15(5-2)13-8-10-14(16)11-9-13/h4,8-12,15,17H,1,5-7H2,2-3H3. The zero-order chi connectivity index (χ0) is 12.7. The van der Waals surface area contributed by atoms with Crippen LogP contribution in [0.3, 0.4) is 0 Å². The van der Waals surface area contributed by atoms with Gasteiger partial charge in [-0.05, 0) is 43.9 Å². The summed E-state index contributed by atoms with van der Waals surface area (Å²) in [6, 6.07) is 9.56. The second-order valence-electron chi connectivity index (χ2n) is 4.45. The third-order valence-corrected chi connectivity index (χ3v) is 3.50. The monoisotopic (exact) mass is 295 g/mol. The minimum Gasteiger partial charge on any atom is -0.307 e. The maximum Gasteiger partial charge on any atom is 0.0319 e. The largest absolute Gasteiger partial charge is 0.307 e. The van der Waals surface area contributed by atoms with Crippen molar-refractivity contribution < 1.29 is 0 Å². The SMILES string of the molecule is C=CCCC(C)NC(CC)c1ccc(Br)cc1. The predicted octanol–water partition coefficient (Wildman–Crippen LogP) is 4.84. The third kappa shape index (κ3) is 5.05. The van der Waals surface area contributed by atoms with Crippen molar-refractivity contribution in [1.29, 1.82) is 0 Å². The molecule has 2 unspecified atom stereocenters. The Labute approximate surface area is 113 Å². The van der Waals surface area contributed by atoms with Crippen LogP contribution in [0.4, 0.5) is 0 Å². The summed E-state index contributed by atoms with van der Waals surface area (Å²) in [7, 11) is 0. The molecule has 1 N–H and O–H groups in total. The highest BCUT2D eigenvalue weighted by atomic mass is 79.9. The molecule has 1 rings (SSSR count). The van der Waals surface area contributed by atoms with Gasteiger partial charge in [-0.25, -0.2) is 0 Å². The Balaban J connectivity index is 2.58. The summed E-state index contributed by atoms with van der Waals surface area (Å²) in [5.74, 6) is 0.